The van der Waals surface area contributed by atoms with Gasteiger partial charge in [0.05, 0.1) is 11.3 Å². The van der Waals surface area contributed by atoms with Crippen LogP contribution >= 0.6 is 0 Å². The molecule has 1 heterocycles. The van der Waals surface area contributed by atoms with Gasteiger partial charge in [-0.2, -0.15) is 13.2 Å². The first-order valence-corrected chi connectivity index (χ1v) is 8.64. The Morgan fingerprint density at radius 3 is 2.57 bits per heavy atom. The first-order valence-electron chi connectivity index (χ1n) is 8.64. The molecule has 3 rings (SSSR count). The van der Waals surface area contributed by atoms with Crippen molar-refractivity contribution in [2.45, 2.75) is 18.8 Å². The number of nitrogens with zero attached hydrogens (tertiary/aromatic N) is 3. The highest BCUT2D eigenvalue weighted by Gasteiger charge is 2.31. The molecular formula is C20H20F3N5. The molecule has 0 aromatic heterocycles. The van der Waals surface area contributed by atoms with Gasteiger partial charge in [-0.3, -0.25) is 5.01 Å². The largest absolute Gasteiger partial charge is 0.416 e. The second kappa shape index (κ2) is 8.26. The zero-order valence-electron chi connectivity index (χ0n) is 15.2. The summed E-state index contributed by atoms with van der Waals surface area (Å²) in [6, 6.07) is 14.5. The van der Waals surface area contributed by atoms with Crippen molar-refractivity contribution < 1.29 is 13.2 Å². The Labute approximate surface area is 161 Å². The highest BCUT2D eigenvalue weighted by atomic mass is 19.4. The van der Waals surface area contributed by atoms with E-state index in [4.69, 9.17) is 0 Å². The Morgan fingerprint density at radius 2 is 1.89 bits per heavy atom. The molecule has 0 aliphatic carbocycles. The van der Waals surface area contributed by atoms with Crippen molar-refractivity contribution in [3.63, 3.8) is 0 Å². The van der Waals surface area contributed by atoms with E-state index < -0.39 is 17.9 Å². The zero-order valence-corrected chi connectivity index (χ0v) is 15.2. The number of aliphatic imine (C=N–C) groups is 2. The lowest BCUT2D eigenvalue weighted by atomic mass is 10.1. The van der Waals surface area contributed by atoms with Crippen LogP contribution in [0.25, 0.3) is 5.70 Å². The minimum absolute atomic E-state index is 0.361. The summed E-state index contributed by atoms with van der Waals surface area (Å²) in [4.78, 5) is 8.81. The van der Waals surface area contributed by atoms with E-state index in [1.54, 1.807) is 24.3 Å². The van der Waals surface area contributed by atoms with Crippen LogP contribution in [-0.4, -0.2) is 30.4 Å². The fourth-order valence-electron chi connectivity index (χ4n) is 2.82. The summed E-state index contributed by atoms with van der Waals surface area (Å²) in [5.74, 6) is 0.416. The minimum atomic E-state index is -4.41. The van der Waals surface area contributed by atoms with Crippen molar-refractivity contribution in [1.29, 1.82) is 0 Å². The maximum Gasteiger partial charge on any atom is 0.416 e. The molecule has 8 heteroatoms. The number of alkyl halides is 3. The van der Waals surface area contributed by atoms with Crippen LogP contribution in [0.15, 0.2) is 71.2 Å². The number of anilines is 1. The lowest BCUT2D eigenvalue weighted by Gasteiger charge is -2.32. The summed E-state index contributed by atoms with van der Waals surface area (Å²) >= 11 is 0. The molecule has 1 aliphatic rings. The van der Waals surface area contributed by atoms with Crippen LogP contribution in [0.5, 0.6) is 0 Å². The van der Waals surface area contributed by atoms with Crippen LogP contribution < -0.4 is 10.7 Å². The van der Waals surface area contributed by atoms with Gasteiger partial charge in [0, 0.05) is 25.4 Å². The Bertz CT molecular complexity index is 890. The quantitative estimate of drug-likeness (QED) is 0.749. The highest BCUT2D eigenvalue weighted by molar-refractivity contribution is 5.99. The van der Waals surface area contributed by atoms with Gasteiger partial charge in [0.15, 0.2) is 0 Å². The van der Waals surface area contributed by atoms with E-state index in [2.05, 4.69) is 27.3 Å². The first kappa shape index (κ1) is 19.6. The van der Waals surface area contributed by atoms with Crippen molar-refractivity contribution >= 4 is 23.6 Å². The van der Waals surface area contributed by atoms with Crippen LogP contribution in [0, 0.1) is 0 Å². The Balaban J connectivity index is 1.81. The van der Waals surface area contributed by atoms with E-state index in [0.717, 1.165) is 17.8 Å². The number of hydrazine groups is 1. The second-order valence-corrected chi connectivity index (χ2v) is 6.09. The third kappa shape index (κ3) is 4.58. The van der Waals surface area contributed by atoms with Crippen LogP contribution in [0.2, 0.25) is 0 Å². The lowest BCUT2D eigenvalue weighted by Crippen LogP contribution is -2.43. The molecule has 28 heavy (non-hydrogen) atoms. The summed E-state index contributed by atoms with van der Waals surface area (Å²) < 4.78 is 39.1. The number of benzene rings is 2. The molecule has 1 aliphatic heterocycles. The number of hydrogen-bond donors (Lipinski definition) is 2. The van der Waals surface area contributed by atoms with Gasteiger partial charge >= 0.3 is 6.18 Å². The molecule has 0 unspecified atom stereocenters. The summed E-state index contributed by atoms with van der Waals surface area (Å²) in [5.41, 5.74) is 3.83. The van der Waals surface area contributed by atoms with Crippen molar-refractivity contribution in [1.82, 2.24) is 10.4 Å². The monoisotopic (exact) mass is 387 g/mol. The predicted octanol–water partition coefficient (Wildman–Crippen LogP) is 4.38. The normalized spacial score (nSPS) is 16.4. The molecule has 2 aromatic rings. The van der Waals surface area contributed by atoms with E-state index in [1.807, 2.05) is 30.3 Å². The van der Waals surface area contributed by atoms with Gasteiger partial charge < -0.3 is 5.32 Å². The average molecular weight is 387 g/mol. The molecule has 0 saturated heterocycles. The molecule has 0 fully saturated rings. The van der Waals surface area contributed by atoms with Gasteiger partial charge in [0.2, 0.25) is 5.96 Å². The van der Waals surface area contributed by atoms with E-state index in [0.29, 0.717) is 23.6 Å². The maximum absolute atomic E-state index is 13.0. The third-order valence-electron chi connectivity index (χ3n) is 4.18. The molecule has 0 amide bonds. The molecule has 1 atom stereocenters. The fourth-order valence-corrected chi connectivity index (χ4v) is 2.82. The number of guanidine groups is 1. The van der Waals surface area contributed by atoms with E-state index in [9.17, 15) is 13.2 Å². The topological polar surface area (TPSA) is 52.0 Å². The first-order chi connectivity index (χ1) is 13.4. The zero-order chi connectivity index (χ0) is 20.1. The smallest absolute Gasteiger partial charge is 0.324 e. The minimum Gasteiger partial charge on any atom is -0.324 e. The summed E-state index contributed by atoms with van der Waals surface area (Å²) in [6.45, 7) is 3.97. The van der Waals surface area contributed by atoms with Crippen LogP contribution in [-0.2, 0) is 6.18 Å². The fraction of sp³-hybridized carbons (Fsp3) is 0.200. The molecule has 5 nitrogen and oxygen atoms in total. The number of halogens is 3. The molecule has 146 valence electrons. The number of para-hydroxylation sites is 1. The third-order valence-corrected chi connectivity index (χ3v) is 4.18. The number of hydrogen-bond acceptors (Lipinski definition) is 5. The summed E-state index contributed by atoms with van der Waals surface area (Å²) in [6.07, 6.45) is -2.62. The Kier molecular flexibility index (Phi) is 5.79. The molecule has 2 N–H and O–H groups in total. The van der Waals surface area contributed by atoms with E-state index in [1.165, 1.54) is 6.07 Å². The molecule has 0 bridgehead atoms. The molecule has 0 saturated carbocycles. The van der Waals surface area contributed by atoms with Gasteiger partial charge in [-0.05, 0) is 29.8 Å². The van der Waals surface area contributed by atoms with Gasteiger partial charge in [-0.15, -0.1) is 0 Å². The molecule has 2 aromatic carbocycles. The summed E-state index contributed by atoms with van der Waals surface area (Å²) in [7, 11) is 1.67. The molecule has 0 spiro atoms. The van der Waals surface area contributed by atoms with Crippen molar-refractivity contribution in [2.24, 2.45) is 9.98 Å². The summed E-state index contributed by atoms with van der Waals surface area (Å²) in [5, 5.41) is 4.75. The highest BCUT2D eigenvalue weighted by Crippen LogP contribution is 2.31. The van der Waals surface area contributed by atoms with E-state index in [-0.39, 0.29) is 0 Å². The lowest BCUT2D eigenvalue weighted by molar-refractivity contribution is -0.137. The van der Waals surface area contributed by atoms with Gasteiger partial charge in [0.1, 0.15) is 6.17 Å². The molecule has 0 radical (unpaired) electrons. The SMILES string of the molecule is C=C(c1cccc(C(F)(F)F)c1)N(NC)[C@@H]1CC=NC(Nc2ccccc2)=N1. The Morgan fingerprint density at radius 1 is 1.14 bits per heavy atom. The van der Waals surface area contributed by atoms with Gasteiger partial charge in [0.25, 0.3) is 0 Å². The number of nitrogens with one attached hydrogen (secondary N) is 2. The van der Waals surface area contributed by atoms with Crippen LogP contribution in [0.4, 0.5) is 18.9 Å². The number of rotatable bonds is 5. The predicted molar refractivity (Wildman–Crippen MR) is 106 cm³/mol. The second-order valence-electron chi connectivity index (χ2n) is 6.09. The average Bonchev–Trinajstić information content (AvgIpc) is 2.69. The van der Waals surface area contributed by atoms with Gasteiger partial charge in [-0.25, -0.2) is 15.4 Å². The van der Waals surface area contributed by atoms with Crippen LogP contribution in [0.1, 0.15) is 17.5 Å². The van der Waals surface area contributed by atoms with Crippen molar-refractivity contribution in [3.05, 3.63) is 72.3 Å². The molecular weight excluding hydrogens is 367 g/mol. The maximum atomic E-state index is 13.0. The Hall–Kier alpha value is -3.13. The van der Waals surface area contributed by atoms with Crippen LogP contribution in [0.3, 0.4) is 0 Å². The standard InChI is InChI=1S/C20H20F3N5/c1-14(15-7-6-8-16(13-15)20(21,22)23)28(24-2)18-11-12-25-19(27-18)26-17-9-4-3-5-10-17/h3-10,12-13,18,24H,1,11H2,2H3,(H,26,27)/t18-/m1/s1. The van der Waals surface area contributed by atoms with Crippen molar-refractivity contribution in [3.8, 4) is 0 Å². The van der Waals surface area contributed by atoms with Gasteiger partial charge in [-0.1, -0.05) is 36.9 Å². The van der Waals surface area contributed by atoms with E-state index >= 15 is 0 Å². The van der Waals surface area contributed by atoms with Crippen molar-refractivity contribution in [2.75, 3.05) is 12.4 Å².